The third kappa shape index (κ3) is 3.26. The normalized spacial score (nSPS) is 14.0. The molecule has 2 aromatic carbocycles. The summed E-state index contributed by atoms with van der Waals surface area (Å²) >= 11 is 1.24. The van der Waals surface area contributed by atoms with Gasteiger partial charge in [-0.05, 0) is 36.8 Å². The zero-order valence-corrected chi connectivity index (χ0v) is 15.4. The van der Waals surface area contributed by atoms with Crippen molar-refractivity contribution in [3.8, 4) is 5.75 Å². The van der Waals surface area contributed by atoms with E-state index in [0.29, 0.717) is 40.4 Å². The summed E-state index contributed by atoms with van der Waals surface area (Å²) in [5.74, 6) is -0.0745. The highest BCUT2D eigenvalue weighted by Gasteiger charge is 2.24. The van der Waals surface area contributed by atoms with Crippen LogP contribution in [-0.4, -0.2) is 25.5 Å². The SMILES string of the molecule is COc1cc(NC(=O)c2cc3c(F)cccc3s2)ccc1N1CCCC1=O. The Morgan fingerprint density at radius 2 is 2.11 bits per heavy atom. The Balaban J connectivity index is 1.59. The van der Waals surface area contributed by atoms with Crippen LogP contribution in [0.1, 0.15) is 22.5 Å². The summed E-state index contributed by atoms with van der Waals surface area (Å²) in [6.07, 6.45) is 1.35. The molecule has 0 saturated carbocycles. The highest BCUT2D eigenvalue weighted by Crippen LogP contribution is 2.34. The van der Waals surface area contributed by atoms with E-state index < -0.39 is 0 Å². The molecule has 1 aliphatic rings. The summed E-state index contributed by atoms with van der Waals surface area (Å²) in [6, 6.07) is 11.5. The standard InChI is InChI=1S/C20H17FN2O3S/c1-26-16-10-12(7-8-15(16)23-9-3-6-19(23)24)22-20(25)18-11-13-14(21)4-2-5-17(13)27-18/h2,4-5,7-8,10-11H,3,6,9H2,1H3,(H,22,25). The zero-order valence-electron chi connectivity index (χ0n) is 14.6. The number of amides is 2. The molecule has 0 radical (unpaired) electrons. The van der Waals surface area contributed by atoms with Crippen LogP contribution in [0.4, 0.5) is 15.8 Å². The lowest BCUT2D eigenvalue weighted by molar-refractivity contribution is -0.117. The number of carbonyl (C=O) groups is 2. The van der Waals surface area contributed by atoms with Crippen molar-refractivity contribution in [2.75, 3.05) is 23.9 Å². The van der Waals surface area contributed by atoms with Gasteiger partial charge in [0.2, 0.25) is 5.91 Å². The van der Waals surface area contributed by atoms with Crippen LogP contribution >= 0.6 is 11.3 Å². The third-order valence-corrected chi connectivity index (χ3v) is 5.63. The van der Waals surface area contributed by atoms with E-state index >= 15 is 0 Å². The van der Waals surface area contributed by atoms with Crippen LogP contribution in [0.2, 0.25) is 0 Å². The molecule has 0 atom stereocenters. The fourth-order valence-electron chi connectivity index (χ4n) is 3.21. The second-order valence-corrected chi connectivity index (χ2v) is 7.34. The minimum atomic E-state index is -0.343. The van der Waals surface area contributed by atoms with E-state index in [1.54, 1.807) is 41.3 Å². The summed E-state index contributed by atoms with van der Waals surface area (Å²) in [5, 5.41) is 3.25. The molecular formula is C20H17FN2O3S. The minimum Gasteiger partial charge on any atom is -0.494 e. The Hall–Kier alpha value is -2.93. The quantitative estimate of drug-likeness (QED) is 0.724. The van der Waals surface area contributed by atoms with E-state index in [0.717, 1.165) is 11.1 Å². The smallest absolute Gasteiger partial charge is 0.265 e. The monoisotopic (exact) mass is 384 g/mol. The highest BCUT2D eigenvalue weighted by atomic mass is 32.1. The summed E-state index contributed by atoms with van der Waals surface area (Å²) < 4.78 is 20.0. The number of fused-ring (bicyclic) bond motifs is 1. The number of ether oxygens (including phenoxy) is 1. The van der Waals surface area contributed by atoms with Crippen LogP contribution in [0.15, 0.2) is 42.5 Å². The number of hydrogen-bond acceptors (Lipinski definition) is 4. The van der Waals surface area contributed by atoms with E-state index in [1.165, 1.54) is 24.5 Å². The van der Waals surface area contributed by atoms with Gasteiger partial charge in [0, 0.05) is 34.8 Å². The first-order chi connectivity index (χ1) is 13.1. The van der Waals surface area contributed by atoms with Gasteiger partial charge < -0.3 is 15.0 Å². The molecular weight excluding hydrogens is 367 g/mol. The van der Waals surface area contributed by atoms with Gasteiger partial charge in [0.05, 0.1) is 17.7 Å². The van der Waals surface area contributed by atoms with E-state index in [9.17, 15) is 14.0 Å². The van der Waals surface area contributed by atoms with Gasteiger partial charge in [-0.15, -0.1) is 11.3 Å². The molecule has 1 saturated heterocycles. The van der Waals surface area contributed by atoms with Gasteiger partial charge in [0.1, 0.15) is 11.6 Å². The van der Waals surface area contributed by atoms with Crippen molar-refractivity contribution >= 4 is 44.6 Å². The van der Waals surface area contributed by atoms with Crippen LogP contribution in [0.25, 0.3) is 10.1 Å². The maximum absolute atomic E-state index is 13.8. The minimum absolute atomic E-state index is 0.0670. The number of benzene rings is 2. The lowest BCUT2D eigenvalue weighted by atomic mass is 10.2. The number of anilines is 2. The average Bonchev–Trinajstić information content (AvgIpc) is 3.29. The number of thiophene rings is 1. The Kier molecular flexibility index (Phi) is 4.53. The first-order valence-corrected chi connectivity index (χ1v) is 9.36. The molecule has 2 amide bonds. The fraction of sp³-hybridized carbons (Fsp3) is 0.200. The predicted molar refractivity (Wildman–Crippen MR) is 104 cm³/mol. The molecule has 4 rings (SSSR count). The average molecular weight is 384 g/mol. The second kappa shape index (κ2) is 7.00. The highest BCUT2D eigenvalue weighted by molar-refractivity contribution is 7.20. The molecule has 3 aromatic rings. The van der Waals surface area contributed by atoms with Crippen LogP contribution in [0, 0.1) is 5.82 Å². The molecule has 1 aromatic heterocycles. The van der Waals surface area contributed by atoms with Crippen LogP contribution < -0.4 is 15.0 Å². The third-order valence-electron chi connectivity index (χ3n) is 4.53. The number of rotatable bonds is 4. The van der Waals surface area contributed by atoms with Crippen molar-refractivity contribution in [1.82, 2.24) is 0 Å². The van der Waals surface area contributed by atoms with Crippen molar-refractivity contribution in [3.63, 3.8) is 0 Å². The van der Waals surface area contributed by atoms with Gasteiger partial charge in [-0.1, -0.05) is 6.07 Å². The second-order valence-electron chi connectivity index (χ2n) is 6.25. The summed E-state index contributed by atoms with van der Waals surface area (Å²) in [4.78, 5) is 26.7. The van der Waals surface area contributed by atoms with Crippen molar-refractivity contribution in [1.29, 1.82) is 0 Å². The fourth-order valence-corrected chi connectivity index (χ4v) is 4.18. The summed E-state index contributed by atoms with van der Waals surface area (Å²) in [5.41, 5.74) is 1.24. The molecule has 1 N–H and O–H groups in total. The number of carbonyl (C=O) groups excluding carboxylic acids is 2. The molecule has 138 valence electrons. The zero-order chi connectivity index (χ0) is 19.0. The molecule has 0 aliphatic carbocycles. The van der Waals surface area contributed by atoms with Gasteiger partial charge in [-0.2, -0.15) is 0 Å². The van der Waals surface area contributed by atoms with Crippen LogP contribution in [0.5, 0.6) is 5.75 Å². The van der Waals surface area contributed by atoms with Crippen LogP contribution in [-0.2, 0) is 4.79 Å². The number of hydrogen-bond donors (Lipinski definition) is 1. The Morgan fingerprint density at radius 1 is 1.26 bits per heavy atom. The Morgan fingerprint density at radius 3 is 2.81 bits per heavy atom. The first-order valence-electron chi connectivity index (χ1n) is 8.54. The van der Waals surface area contributed by atoms with Crippen molar-refractivity contribution in [2.45, 2.75) is 12.8 Å². The molecule has 5 nitrogen and oxygen atoms in total. The number of methoxy groups -OCH3 is 1. The van der Waals surface area contributed by atoms with Gasteiger partial charge in [-0.25, -0.2) is 4.39 Å². The Bertz CT molecular complexity index is 1050. The molecule has 0 unspecified atom stereocenters. The molecule has 2 heterocycles. The van der Waals surface area contributed by atoms with E-state index in [2.05, 4.69) is 5.32 Å². The predicted octanol–water partition coefficient (Wildman–Crippen LogP) is 4.43. The number of nitrogens with zero attached hydrogens (tertiary/aromatic N) is 1. The van der Waals surface area contributed by atoms with Crippen molar-refractivity contribution in [2.24, 2.45) is 0 Å². The summed E-state index contributed by atoms with van der Waals surface area (Å²) in [7, 11) is 1.53. The van der Waals surface area contributed by atoms with E-state index in [-0.39, 0.29) is 17.6 Å². The van der Waals surface area contributed by atoms with Crippen molar-refractivity contribution in [3.05, 3.63) is 53.2 Å². The largest absolute Gasteiger partial charge is 0.494 e. The van der Waals surface area contributed by atoms with Gasteiger partial charge in [0.25, 0.3) is 5.91 Å². The van der Waals surface area contributed by atoms with Gasteiger partial charge in [-0.3, -0.25) is 9.59 Å². The molecule has 1 fully saturated rings. The molecule has 0 bridgehead atoms. The molecule has 7 heteroatoms. The van der Waals surface area contributed by atoms with Gasteiger partial charge in [0.15, 0.2) is 0 Å². The number of nitrogens with one attached hydrogen (secondary N) is 1. The molecule has 0 spiro atoms. The van der Waals surface area contributed by atoms with Gasteiger partial charge >= 0.3 is 0 Å². The van der Waals surface area contributed by atoms with Crippen molar-refractivity contribution < 1.29 is 18.7 Å². The van der Waals surface area contributed by atoms with E-state index in [1.807, 2.05) is 0 Å². The lowest BCUT2D eigenvalue weighted by Crippen LogP contribution is -2.24. The van der Waals surface area contributed by atoms with E-state index in [4.69, 9.17) is 4.74 Å². The first kappa shape index (κ1) is 17.5. The maximum Gasteiger partial charge on any atom is 0.265 e. The molecule has 27 heavy (non-hydrogen) atoms. The summed E-state index contributed by atoms with van der Waals surface area (Å²) in [6.45, 7) is 0.661. The topological polar surface area (TPSA) is 58.6 Å². The Labute approximate surface area is 159 Å². The van der Waals surface area contributed by atoms with Crippen LogP contribution in [0.3, 0.4) is 0 Å². The number of halogens is 1. The molecule has 1 aliphatic heterocycles. The lowest BCUT2D eigenvalue weighted by Gasteiger charge is -2.19. The maximum atomic E-state index is 13.8.